The second-order valence-electron chi connectivity index (χ2n) is 4.08. The normalized spacial score (nSPS) is 18.6. The molecule has 0 saturated carbocycles. The van der Waals surface area contributed by atoms with Gasteiger partial charge in [-0.1, -0.05) is 0 Å². The van der Waals surface area contributed by atoms with E-state index in [-0.39, 0.29) is 17.3 Å². The van der Waals surface area contributed by atoms with E-state index in [4.69, 9.17) is 0 Å². The zero-order valence-corrected chi connectivity index (χ0v) is 9.48. The maximum atomic E-state index is 13.6. The minimum atomic E-state index is -0.882. The second kappa shape index (κ2) is 5.09. The van der Waals surface area contributed by atoms with Gasteiger partial charge < -0.3 is 10.6 Å². The summed E-state index contributed by atoms with van der Waals surface area (Å²) in [5.41, 5.74) is -0.543. The molecule has 1 aliphatic rings. The van der Waals surface area contributed by atoms with Gasteiger partial charge in [-0.05, 0) is 19.0 Å². The number of nitro groups is 1. The Kier molecular flexibility index (Phi) is 3.52. The number of rotatable bonds is 3. The fraction of sp³-hybridized carbons (Fsp3) is 0.364. The summed E-state index contributed by atoms with van der Waals surface area (Å²) in [6, 6.07) is 2.98. The van der Waals surface area contributed by atoms with Crippen molar-refractivity contribution in [3.05, 3.63) is 39.7 Å². The average Bonchev–Trinajstić information content (AvgIpc) is 2.81. The topological polar surface area (TPSA) is 84.3 Å². The van der Waals surface area contributed by atoms with E-state index in [0.717, 1.165) is 31.2 Å². The van der Waals surface area contributed by atoms with Gasteiger partial charge in [0.1, 0.15) is 5.82 Å². The van der Waals surface area contributed by atoms with Crippen molar-refractivity contribution < 1.29 is 14.1 Å². The van der Waals surface area contributed by atoms with Gasteiger partial charge in [0, 0.05) is 18.7 Å². The molecule has 1 fully saturated rings. The minimum Gasteiger partial charge on any atom is -0.348 e. The van der Waals surface area contributed by atoms with Crippen LogP contribution in [-0.2, 0) is 0 Å². The molecular formula is C11H12FN3O3. The van der Waals surface area contributed by atoms with E-state index < -0.39 is 16.6 Å². The molecule has 0 unspecified atom stereocenters. The van der Waals surface area contributed by atoms with Crippen molar-refractivity contribution >= 4 is 11.6 Å². The van der Waals surface area contributed by atoms with E-state index in [0.29, 0.717) is 6.54 Å². The van der Waals surface area contributed by atoms with Crippen molar-refractivity contribution in [3.63, 3.8) is 0 Å². The highest BCUT2D eigenvalue weighted by atomic mass is 19.1. The number of nitrogens with one attached hydrogen (secondary N) is 2. The molecule has 7 heteroatoms. The highest BCUT2D eigenvalue weighted by molar-refractivity contribution is 5.94. The summed E-state index contributed by atoms with van der Waals surface area (Å²) in [7, 11) is 0. The molecule has 2 N–H and O–H groups in total. The van der Waals surface area contributed by atoms with Gasteiger partial charge in [0.15, 0.2) is 0 Å². The Hall–Kier alpha value is -2.02. The van der Waals surface area contributed by atoms with Crippen molar-refractivity contribution in [1.82, 2.24) is 10.6 Å². The molecule has 0 aromatic heterocycles. The SMILES string of the molecule is O=C(N[C@@H]1CCNC1)c1ccc([N+](=O)[O-])cc1F. The van der Waals surface area contributed by atoms with Gasteiger partial charge in [0.05, 0.1) is 16.6 Å². The first kappa shape index (κ1) is 12.4. The number of nitro benzene ring substituents is 1. The minimum absolute atomic E-state index is 0.0212. The summed E-state index contributed by atoms with van der Waals surface area (Å²) < 4.78 is 13.6. The van der Waals surface area contributed by atoms with Gasteiger partial charge in [0.2, 0.25) is 0 Å². The number of nitrogens with zero attached hydrogens (tertiary/aromatic N) is 1. The third-order valence-corrected chi connectivity index (χ3v) is 2.80. The second-order valence-corrected chi connectivity index (χ2v) is 4.08. The predicted octanol–water partition coefficient (Wildman–Crippen LogP) is 0.826. The number of carbonyl (C=O) groups is 1. The van der Waals surface area contributed by atoms with Crippen molar-refractivity contribution in [1.29, 1.82) is 0 Å². The molecule has 1 atom stereocenters. The number of benzene rings is 1. The monoisotopic (exact) mass is 253 g/mol. The first-order valence-electron chi connectivity index (χ1n) is 5.53. The fourth-order valence-electron chi connectivity index (χ4n) is 1.84. The standard InChI is InChI=1S/C11H12FN3O3/c12-10-5-8(15(17)18)1-2-9(10)11(16)14-7-3-4-13-6-7/h1-2,5,7,13H,3-4,6H2,(H,14,16)/t7-/m1/s1. The Labute approximate surface area is 102 Å². The van der Waals surface area contributed by atoms with Gasteiger partial charge >= 0.3 is 0 Å². The lowest BCUT2D eigenvalue weighted by Crippen LogP contribution is -2.36. The van der Waals surface area contributed by atoms with E-state index in [1.807, 2.05) is 0 Å². The number of hydrogen-bond donors (Lipinski definition) is 2. The van der Waals surface area contributed by atoms with Crippen LogP contribution in [0.4, 0.5) is 10.1 Å². The molecule has 6 nitrogen and oxygen atoms in total. The van der Waals surface area contributed by atoms with Gasteiger partial charge in [-0.2, -0.15) is 0 Å². The largest absolute Gasteiger partial charge is 0.348 e. The highest BCUT2D eigenvalue weighted by Gasteiger charge is 2.20. The summed E-state index contributed by atoms with van der Waals surface area (Å²) in [6.45, 7) is 1.47. The Bertz CT molecular complexity index is 486. The summed E-state index contributed by atoms with van der Waals surface area (Å²) >= 11 is 0. The molecule has 0 radical (unpaired) electrons. The number of halogens is 1. The van der Waals surface area contributed by atoms with Crippen LogP contribution < -0.4 is 10.6 Å². The van der Waals surface area contributed by atoms with Crippen LogP contribution in [0.15, 0.2) is 18.2 Å². The Morgan fingerprint density at radius 2 is 2.33 bits per heavy atom. The fourth-order valence-corrected chi connectivity index (χ4v) is 1.84. The maximum absolute atomic E-state index is 13.6. The van der Waals surface area contributed by atoms with Crippen LogP contribution in [0.1, 0.15) is 16.8 Å². The number of hydrogen-bond acceptors (Lipinski definition) is 4. The average molecular weight is 253 g/mol. The molecule has 1 saturated heterocycles. The lowest BCUT2D eigenvalue weighted by molar-refractivity contribution is -0.385. The van der Waals surface area contributed by atoms with Crippen LogP contribution >= 0.6 is 0 Å². The molecule has 0 spiro atoms. The molecule has 1 aromatic carbocycles. The number of non-ortho nitro benzene ring substituents is 1. The molecule has 1 aromatic rings. The molecule has 1 amide bonds. The first-order valence-corrected chi connectivity index (χ1v) is 5.53. The van der Waals surface area contributed by atoms with Crippen LogP contribution in [0.25, 0.3) is 0 Å². The number of carbonyl (C=O) groups excluding carboxylic acids is 1. The van der Waals surface area contributed by atoms with Gasteiger partial charge in [0.25, 0.3) is 11.6 Å². The maximum Gasteiger partial charge on any atom is 0.272 e. The van der Waals surface area contributed by atoms with Gasteiger partial charge in [-0.25, -0.2) is 4.39 Å². The molecule has 0 bridgehead atoms. The van der Waals surface area contributed by atoms with Gasteiger partial charge in [-0.15, -0.1) is 0 Å². The molecule has 0 aliphatic carbocycles. The summed E-state index contributed by atoms with van der Waals surface area (Å²) in [5.74, 6) is -1.43. The third-order valence-electron chi connectivity index (χ3n) is 2.80. The first-order chi connectivity index (χ1) is 8.58. The molecule has 18 heavy (non-hydrogen) atoms. The molecule has 1 heterocycles. The van der Waals surface area contributed by atoms with Crippen LogP contribution in [0.5, 0.6) is 0 Å². The van der Waals surface area contributed by atoms with E-state index in [9.17, 15) is 19.3 Å². The Balaban J connectivity index is 2.12. The predicted molar refractivity (Wildman–Crippen MR) is 61.8 cm³/mol. The van der Waals surface area contributed by atoms with E-state index in [2.05, 4.69) is 10.6 Å². The summed E-state index contributed by atoms with van der Waals surface area (Å²) in [5, 5.41) is 16.2. The molecular weight excluding hydrogens is 241 g/mol. The third kappa shape index (κ3) is 2.62. The quantitative estimate of drug-likeness (QED) is 0.617. The highest BCUT2D eigenvalue weighted by Crippen LogP contribution is 2.16. The molecule has 2 rings (SSSR count). The smallest absolute Gasteiger partial charge is 0.272 e. The summed E-state index contributed by atoms with van der Waals surface area (Å²) in [4.78, 5) is 21.5. The molecule has 1 aliphatic heterocycles. The van der Waals surface area contributed by atoms with Crippen LogP contribution in [-0.4, -0.2) is 30.0 Å². The van der Waals surface area contributed by atoms with E-state index in [1.165, 1.54) is 0 Å². The van der Waals surface area contributed by atoms with E-state index >= 15 is 0 Å². The zero-order valence-electron chi connectivity index (χ0n) is 9.48. The van der Waals surface area contributed by atoms with Crippen molar-refractivity contribution in [2.24, 2.45) is 0 Å². The van der Waals surface area contributed by atoms with Gasteiger partial charge in [-0.3, -0.25) is 14.9 Å². The lowest BCUT2D eigenvalue weighted by atomic mass is 10.1. The number of amides is 1. The van der Waals surface area contributed by atoms with Crippen molar-refractivity contribution in [3.8, 4) is 0 Å². The van der Waals surface area contributed by atoms with Crippen molar-refractivity contribution in [2.75, 3.05) is 13.1 Å². The van der Waals surface area contributed by atoms with Crippen LogP contribution in [0.2, 0.25) is 0 Å². The Morgan fingerprint density at radius 3 is 2.89 bits per heavy atom. The van der Waals surface area contributed by atoms with E-state index in [1.54, 1.807) is 0 Å². The lowest BCUT2D eigenvalue weighted by Gasteiger charge is -2.11. The summed E-state index contributed by atoms with van der Waals surface area (Å²) in [6.07, 6.45) is 0.792. The zero-order chi connectivity index (χ0) is 13.1. The Morgan fingerprint density at radius 1 is 1.56 bits per heavy atom. The molecule has 96 valence electrons. The van der Waals surface area contributed by atoms with Crippen molar-refractivity contribution in [2.45, 2.75) is 12.5 Å². The van der Waals surface area contributed by atoms with Crippen LogP contribution in [0, 0.1) is 15.9 Å². The van der Waals surface area contributed by atoms with Crippen LogP contribution in [0.3, 0.4) is 0 Å².